The van der Waals surface area contributed by atoms with Crippen molar-refractivity contribution in [3.05, 3.63) is 40.0 Å². The molecule has 0 N–H and O–H groups in total. The lowest BCUT2D eigenvalue weighted by Crippen LogP contribution is -1.88. The Morgan fingerprint density at radius 1 is 1.13 bits per heavy atom. The summed E-state index contributed by atoms with van der Waals surface area (Å²) < 4.78 is 3.27. The third kappa shape index (κ3) is 2.87. The van der Waals surface area contributed by atoms with Gasteiger partial charge >= 0.3 is 0 Å². The maximum absolute atomic E-state index is 6.41. The predicted molar refractivity (Wildman–Crippen MR) is 79.4 cm³/mol. The fraction of sp³-hybridized carbons (Fsp3) is 0.111. The maximum atomic E-state index is 6.41. The first-order valence-corrected chi connectivity index (χ1v) is 8.42. The van der Waals surface area contributed by atoms with Crippen LogP contribution in [0.5, 0.6) is 0 Å². The highest BCUT2D eigenvalue weighted by atomic mass is 79.9. The summed E-state index contributed by atoms with van der Waals surface area (Å²) in [6.45, 7) is 0. The third-order valence-electron chi connectivity index (χ3n) is 1.84. The Kier molecular flexibility index (Phi) is 4.35. The van der Waals surface area contributed by atoms with Gasteiger partial charge in [-0.15, -0.1) is 34.3 Å². The fourth-order valence-electron chi connectivity index (χ4n) is 1.16. The molecule has 15 heavy (non-hydrogen) atoms. The minimum absolute atomic E-state index is 0.0931. The molecular weight excluding hydrogens is 447 g/mol. The van der Waals surface area contributed by atoms with Gasteiger partial charge in [-0.1, -0.05) is 0 Å². The maximum Gasteiger partial charge on any atom is 0.0863 e. The average molecular weight is 451 g/mol. The second-order valence-electron chi connectivity index (χ2n) is 2.83. The minimum atomic E-state index is -0.0931. The van der Waals surface area contributed by atoms with E-state index in [1.165, 1.54) is 0 Å². The zero-order valence-corrected chi connectivity index (χ0v) is 14.3. The lowest BCUT2D eigenvalue weighted by atomic mass is 10.1. The third-order valence-corrected chi connectivity index (χ3v) is 6.23. The molecule has 0 saturated heterocycles. The fourth-order valence-corrected chi connectivity index (χ4v) is 5.83. The molecule has 0 spiro atoms. The van der Waals surface area contributed by atoms with E-state index < -0.39 is 0 Å². The van der Waals surface area contributed by atoms with Crippen molar-refractivity contribution in [2.24, 2.45) is 0 Å². The Hall–Kier alpha value is 1.13. The minimum Gasteiger partial charge on any atom is -0.136 e. The zero-order valence-electron chi connectivity index (χ0n) is 7.14. The van der Waals surface area contributed by atoms with Crippen molar-refractivity contribution in [3.8, 4) is 0 Å². The molecule has 0 fully saturated rings. The van der Waals surface area contributed by atoms with E-state index in [1.54, 1.807) is 22.7 Å². The Morgan fingerprint density at radius 3 is 2.33 bits per heavy atom. The van der Waals surface area contributed by atoms with Gasteiger partial charge < -0.3 is 0 Å². The number of thiophene rings is 2. The summed E-state index contributed by atoms with van der Waals surface area (Å²) >= 11 is 20.1. The van der Waals surface area contributed by atoms with Crippen molar-refractivity contribution in [2.75, 3.05) is 0 Å². The van der Waals surface area contributed by atoms with Gasteiger partial charge in [-0.25, -0.2) is 0 Å². The van der Waals surface area contributed by atoms with Crippen LogP contribution in [0.4, 0.5) is 0 Å². The lowest BCUT2D eigenvalue weighted by molar-refractivity contribution is 1.16. The first-order valence-electron chi connectivity index (χ1n) is 3.90. The second kappa shape index (κ2) is 5.19. The van der Waals surface area contributed by atoms with Crippen LogP contribution < -0.4 is 0 Å². The molecule has 0 amide bonds. The van der Waals surface area contributed by atoms with Crippen molar-refractivity contribution < 1.29 is 0 Å². The molecule has 80 valence electrons. The molecule has 0 nitrogen and oxygen atoms in total. The van der Waals surface area contributed by atoms with E-state index in [9.17, 15) is 0 Å². The Balaban J connectivity index is 2.35. The highest BCUT2D eigenvalue weighted by Crippen LogP contribution is 2.42. The van der Waals surface area contributed by atoms with Crippen LogP contribution in [0.1, 0.15) is 16.5 Å². The van der Waals surface area contributed by atoms with Gasteiger partial charge in [0.1, 0.15) is 0 Å². The number of hydrogen-bond acceptors (Lipinski definition) is 2. The van der Waals surface area contributed by atoms with Gasteiger partial charge in [0.15, 0.2) is 0 Å². The highest BCUT2D eigenvalue weighted by molar-refractivity contribution is 9.12. The summed E-state index contributed by atoms with van der Waals surface area (Å²) in [7, 11) is 0. The zero-order chi connectivity index (χ0) is 11.0. The van der Waals surface area contributed by atoms with E-state index >= 15 is 0 Å². The van der Waals surface area contributed by atoms with Crippen molar-refractivity contribution in [3.63, 3.8) is 0 Å². The van der Waals surface area contributed by atoms with Crippen LogP contribution in [0.15, 0.2) is 28.9 Å². The van der Waals surface area contributed by atoms with Gasteiger partial charge in [-0.05, 0) is 70.9 Å². The monoisotopic (exact) mass is 448 g/mol. The van der Waals surface area contributed by atoms with E-state index in [4.69, 9.17) is 11.6 Å². The Labute approximate surface area is 126 Å². The molecule has 0 radical (unpaired) electrons. The first kappa shape index (κ1) is 12.6. The van der Waals surface area contributed by atoms with E-state index in [-0.39, 0.29) is 5.38 Å². The largest absolute Gasteiger partial charge is 0.136 e. The molecule has 1 atom stereocenters. The summed E-state index contributed by atoms with van der Waals surface area (Å²) in [5, 5.41) is 1.98. The van der Waals surface area contributed by atoms with E-state index in [0.717, 1.165) is 22.5 Å². The topological polar surface area (TPSA) is 0 Å². The molecule has 0 bridgehead atoms. The molecule has 2 heterocycles. The quantitative estimate of drug-likeness (QED) is 0.462. The van der Waals surface area contributed by atoms with Crippen LogP contribution in [-0.2, 0) is 0 Å². The highest BCUT2D eigenvalue weighted by Gasteiger charge is 2.17. The van der Waals surface area contributed by atoms with Gasteiger partial charge in [-0.2, -0.15) is 0 Å². The smallest absolute Gasteiger partial charge is 0.0863 e. The molecule has 6 heteroatoms. The van der Waals surface area contributed by atoms with E-state index in [1.807, 2.05) is 0 Å². The molecule has 1 unspecified atom stereocenters. The molecule has 2 rings (SSSR count). The molecule has 2 aromatic heterocycles. The Morgan fingerprint density at radius 2 is 1.87 bits per heavy atom. The van der Waals surface area contributed by atoms with Crippen molar-refractivity contribution in [2.45, 2.75) is 5.38 Å². The summed E-state index contributed by atoms with van der Waals surface area (Å²) in [5.74, 6) is 0. The van der Waals surface area contributed by atoms with Gasteiger partial charge in [0, 0.05) is 5.56 Å². The number of rotatable bonds is 2. The molecule has 0 saturated carbocycles. The standard InChI is InChI=1S/C9H4Br3ClS2/c10-6-1-4(3-14-6)8(13)5-2-7(11)15-9(5)12/h1-3,8H. The molecular formula is C9H4Br3ClS2. The van der Waals surface area contributed by atoms with Crippen molar-refractivity contribution in [1.82, 2.24) is 0 Å². The number of halogens is 4. The molecule has 0 aliphatic heterocycles. The van der Waals surface area contributed by atoms with Crippen LogP contribution in [0, 0.1) is 0 Å². The van der Waals surface area contributed by atoms with Crippen LogP contribution >= 0.6 is 82.1 Å². The van der Waals surface area contributed by atoms with Crippen molar-refractivity contribution in [1.29, 1.82) is 0 Å². The van der Waals surface area contributed by atoms with E-state index in [0.29, 0.717) is 0 Å². The summed E-state index contributed by atoms with van der Waals surface area (Å²) in [5.41, 5.74) is 2.23. The van der Waals surface area contributed by atoms with Crippen molar-refractivity contribution >= 4 is 82.1 Å². The number of hydrogen-bond donors (Lipinski definition) is 0. The number of alkyl halides is 1. The van der Waals surface area contributed by atoms with Crippen LogP contribution in [-0.4, -0.2) is 0 Å². The van der Waals surface area contributed by atoms with Crippen LogP contribution in [0.25, 0.3) is 0 Å². The first-order chi connectivity index (χ1) is 7.08. The van der Waals surface area contributed by atoms with Crippen LogP contribution in [0.3, 0.4) is 0 Å². The molecule has 0 aliphatic carbocycles. The van der Waals surface area contributed by atoms with Gasteiger partial charge in [-0.3, -0.25) is 0 Å². The summed E-state index contributed by atoms with van der Waals surface area (Å²) in [4.78, 5) is 0. The average Bonchev–Trinajstić information content (AvgIpc) is 2.71. The van der Waals surface area contributed by atoms with Gasteiger partial charge in [0.05, 0.1) is 16.7 Å². The second-order valence-corrected chi connectivity index (χ2v) is 9.30. The lowest BCUT2D eigenvalue weighted by Gasteiger charge is -2.05. The summed E-state index contributed by atoms with van der Waals surface area (Å²) in [6.07, 6.45) is 0. The van der Waals surface area contributed by atoms with Gasteiger partial charge in [0.25, 0.3) is 0 Å². The molecule has 0 aromatic carbocycles. The van der Waals surface area contributed by atoms with E-state index in [2.05, 4.69) is 65.3 Å². The van der Waals surface area contributed by atoms with Gasteiger partial charge in [0.2, 0.25) is 0 Å². The SMILES string of the molecule is ClC(c1csc(Br)c1)c1cc(Br)sc1Br. The van der Waals surface area contributed by atoms with Crippen LogP contribution in [0.2, 0.25) is 0 Å². The normalized spacial score (nSPS) is 13.1. The Bertz CT molecular complexity index is 477. The molecule has 0 aliphatic rings. The predicted octanol–water partition coefficient (Wildman–Crippen LogP) is 6.43. The summed E-state index contributed by atoms with van der Waals surface area (Å²) in [6, 6.07) is 4.11. The molecule has 2 aromatic rings.